The molecule has 6 nitrogen and oxygen atoms in total. The average molecular weight is 316 g/mol. The molecule has 50 valence electrons. The van der Waals surface area contributed by atoms with Crippen LogP contribution in [0.2, 0.25) is 0 Å². The van der Waals surface area contributed by atoms with E-state index in [0.29, 0.717) is 0 Å². The molecule has 0 aliphatic carbocycles. The first-order valence-corrected chi connectivity index (χ1v) is 1.57. The van der Waals surface area contributed by atoms with Crippen LogP contribution in [0.3, 0.4) is 0 Å². The van der Waals surface area contributed by atoms with Gasteiger partial charge in [-0.15, -0.1) is 0 Å². The van der Waals surface area contributed by atoms with Crippen molar-refractivity contribution in [2.45, 2.75) is 0 Å². The molecule has 0 rings (SSSR count). The molecule has 0 spiro atoms. The van der Waals surface area contributed by atoms with E-state index in [1.807, 2.05) is 0 Å². The fourth-order valence-electron chi connectivity index (χ4n) is 0.108. The molecule has 0 aliphatic heterocycles. The van der Waals surface area contributed by atoms with Gasteiger partial charge in [0.1, 0.15) is 0 Å². The van der Waals surface area contributed by atoms with Crippen molar-refractivity contribution < 1.29 is 88.3 Å². The summed E-state index contributed by atoms with van der Waals surface area (Å²) >= 11 is 0. The topological polar surface area (TPSA) is 85.2 Å². The van der Waals surface area contributed by atoms with Gasteiger partial charge in [-0.1, -0.05) is 0 Å². The maximum absolute atomic E-state index is 9.52. The van der Waals surface area contributed by atoms with Gasteiger partial charge in [-0.25, -0.2) is 0 Å². The Balaban J connectivity index is -0.0000000817. The number of rotatable bonds is 4. The Morgan fingerprint density at radius 1 is 1.18 bits per heavy atom. The quantitative estimate of drug-likeness (QED) is 0.390. The van der Waals surface area contributed by atoms with Gasteiger partial charge in [0, 0.05) is 58.4 Å². The van der Waals surface area contributed by atoms with Gasteiger partial charge >= 0.3 is 43.9 Å². The molecule has 0 atom stereocenters. The molecular formula is H2B2O6Zn3. The summed E-state index contributed by atoms with van der Waals surface area (Å²) in [7, 11) is -1.52. The van der Waals surface area contributed by atoms with Crippen molar-refractivity contribution in [1.29, 1.82) is 0 Å². The first-order valence-electron chi connectivity index (χ1n) is 1.57. The Hall–Kier alpha value is 1.60. The largest absolute Gasteiger partial charge is 0 e. The summed E-state index contributed by atoms with van der Waals surface area (Å²) in [6.45, 7) is 0. The van der Waals surface area contributed by atoms with E-state index >= 15 is 0 Å². The number of hydrogen-bond acceptors (Lipinski definition) is 6. The summed E-state index contributed by atoms with van der Waals surface area (Å²) in [5.41, 5.74) is 0. The second-order valence-corrected chi connectivity index (χ2v) is 0.781. The Morgan fingerprint density at radius 2 is 1.64 bits per heavy atom. The van der Waals surface area contributed by atoms with Crippen LogP contribution in [0, 0.1) is 0 Å². The summed E-state index contributed by atoms with van der Waals surface area (Å²) in [5.74, 6) is 0. The molecule has 0 saturated carbocycles. The van der Waals surface area contributed by atoms with Crippen LogP contribution in [0.5, 0.6) is 0 Å². The van der Waals surface area contributed by atoms with E-state index in [4.69, 9.17) is 10.5 Å². The van der Waals surface area contributed by atoms with E-state index < -0.39 is 7.01 Å². The van der Waals surface area contributed by atoms with Gasteiger partial charge < -0.3 is 0 Å². The second-order valence-electron chi connectivity index (χ2n) is 0.781. The summed E-state index contributed by atoms with van der Waals surface area (Å²) in [6.07, 6.45) is 0. The van der Waals surface area contributed by atoms with Crippen LogP contribution in [0.25, 0.3) is 0 Å². The van der Waals surface area contributed by atoms with Gasteiger partial charge in [0.15, 0.2) is 0 Å². The molecule has 0 aromatic heterocycles. The maximum atomic E-state index is 9.52. The van der Waals surface area contributed by atoms with E-state index in [0.717, 1.165) is 0 Å². The second kappa shape index (κ2) is 17.6. The maximum Gasteiger partial charge on any atom is 0 e. The van der Waals surface area contributed by atoms with Gasteiger partial charge in [-0.05, 0) is 0 Å². The molecule has 11 heavy (non-hydrogen) atoms. The molecule has 0 radical (unpaired) electrons. The van der Waals surface area contributed by atoms with Crippen LogP contribution in [0.4, 0.5) is 0 Å². The van der Waals surface area contributed by atoms with Gasteiger partial charge in [-0.3, -0.25) is 0 Å². The van der Waals surface area contributed by atoms with Crippen LogP contribution in [0.15, 0.2) is 0 Å². The predicted octanol–water partition coefficient (Wildman–Crippen LogP) is -1.08. The van der Waals surface area contributed by atoms with Gasteiger partial charge in [0.05, 0.1) is 0 Å². The third kappa shape index (κ3) is 14.5. The minimum atomic E-state index is -1.60. The van der Waals surface area contributed by atoms with Crippen molar-refractivity contribution >= 4 is 14.0 Å². The first-order chi connectivity index (χ1) is 3.85. The normalized spacial score (nSPS) is 6.00. The smallest absolute Gasteiger partial charge is 0 e. The van der Waals surface area contributed by atoms with Gasteiger partial charge in [-0.2, -0.15) is 0 Å². The van der Waals surface area contributed by atoms with E-state index in [9.17, 15) is 4.70 Å². The van der Waals surface area contributed by atoms with Crippen LogP contribution in [0.1, 0.15) is 0 Å². The Morgan fingerprint density at radius 3 is 1.73 bits per heavy atom. The Kier molecular flexibility index (Phi) is 36.7. The standard InChI is InChI=1S/B2H2O6.3Zn/c3-1-2(6-4)7-8-5;;;/h4-5H;;;. The summed E-state index contributed by atoms with van der Waals surface area (Å²) in [5, 5.41) is 18.0. The molecule has 0 fully saturated rings. The van der Waals surface area contributed by atoms with Crippen molar-refractivity contribution in [1.82, 2.24) is 0 Å². The van der Waals surface area contributed by atoms with E-state index in [1.54, 1.807) is 0 Å². The molecule has 0 heterocycles. The third-order valence-electron chi connectivity index (χ3n) is 0.353. The summed E-state index contributed by atoms with van der Waals surface area (Å²) < 4.78 is 9.52. The van der Waals surface area contributed by atoms with Crippen molar-refractivity contribution in [3.8, 4) is 0 Å². The van der Waals surface area contributed by atoms with Crippen LogP contribution < -0.4 is 0 Å². The molecule has 11 heteroatoms. The fraction of sp³-hybridized carbons (Fsp3) is 0. The SMILES string of the molecule is O=BB(OO)OOO.[Zn].[Zn].[Zn]. The molecule has 0 aromatic carbocycles. The molecule has 0 amide bonds. The van der Waals surface area contributed by atoms with Crippen LogP contribution >= 0.6 is 0 Å². The van der Waals surface area contributed by atoms with E-state index in [2.05, 4.69) is 14.6 Å². The van der Waals surface area contributed by atoms with Gasteiger partial charge in [0.25, 0.3) is 0 Å². The molecule has 0 aliphatic rings. The minimum Gasteiger partial charge on any atom is 0 e. The molecule has 0 unspecified atom stereocenters. The van der Waals surface area contributed by atoms with Gasteiger partial charge in [0.2, 0.25) is 0 Å². The zero-order valence-corrected chi connectivity index (χ0v) is 14.7. The molecule has 0 bridgehead atoms. The van der Waals surface area contributed by atoms with Crippen molar-refractivity contribution in [3.05, 3.63) is 0 Å². The molecule has 0 saturated heterocycles. The monoisotopic (exact) mass is 312 g/mol. The van der Waals surface area contributed by atoms with Crippen molar-refractivity contribution in [2.24, 2.45) is 0 Å². The Bertz CT molecular complexity index is 70.8. The molecule has 2 N–H and O–H groups in total. The molecular weight excluding hydrogens is 314 g/mol. The molecule has 0 aromatic rings. The minimum absolute atomic E-state index is 0. The summed E-state index contributed by atoms with van der Waals surface area (Å²) in [6, 6.07) is 0. The predicted molar refractivity (Wildman–Crippen MR) is 20.7 cm³/mol. The first kappa shape index (κ1) is 22.9. The van der Waals surface area contributed by atoms with Crippen LogP contribution in [-0.4, -0.2) is 24.6 Å². The van der Waals surface area contributed by atoms with Crippen molar-refractivity contribution in [2.75, 3.05) is 0 Å². The van der Waals surface area contributed by atoms with Crippen LogP contribution in [-0.2, 0) is 77.8 Å². The van der Waals surface area contributed by atoms with Crippen molar-refractivity contribution in [3.63, 3.8) is 0 Å². The Labute approximate surface area is 102 Å². The average Bonchev–Trinajstić information content (AvgIpc) is 1.83. The third-order valence-corrected chi connectivity index (χ3v) is 0.353. The van der Waals surface area contributed by atoms with E-state index in [1.165, 1.54) is 0 Å². The summed E-state index contributed by atoms with van der Waals surface area (Å²) in [4.78, 5) is 6.82. The fourth-order valence-corrected chi connectivity index (χ4v) is 0.108. The number of hydrogen-bond donors (Lipinski definition) is 2. The zero-order chi connectivity index (χ0) is 6.41. The zero-order valence-electron chi connectivity index (χ0n) is 5.80. The van der Waals surface area contributed by atoms with E-state index in [-0.39, 0.29) is 65.5 Å².